The van der Waals surface area contributed by atoms with Crippen molar-refractivity contribution >= 4 is 11.6 Å². The Morgan fingerprint density at radius 1 is 1.35 bits per heavy atom. The monoisotopic (exact) mass is 342 g/mol. The molecule has 1 fully saturated rings. The summed E-state index contributed by atoms with van der Waals surface area (Å²) in [6.45, 7) is 9.67. The summed E-state index contributed by atoms with van der Waals surface area (Å²) >= 11 is 6.30. The van der Waals surface area contributed by atoms with E-state index in [-0.39, 0.29) is 12.1 Å². The Hall–Kier alpha value is -0.850. The summed E-state index contributed by atoms with van der Waals surface area (Å²) in [5, 5.41) is 13.2. The molecule has 2 rings (SSSR count). The summed E-state index contributed by atoms with van der Waals surface area (Å²) < 4.78 is 11.1. The van der Waals surface area contributed by atoms with Gasteiger partial charge in [0.15, 0.2) is 0 Å². The van der Waals surface area contributed by atoms with Crippen LogP contribution in [0.5, 0.6) is 5.75 Å². The average Bonchev–Trinajstić information content (AvgIpc) is 2.56. The van der Waals surface area contributed by atoms with Crippen LogP contribution in [0, 0.1) is 0 Å². The topological polar surface area (TPSA) is 54.0 Å². The van der Waals surface area contributed by atoms with Crippen LogP contribution in [0.2, 0.25) is 5.02 Å². The molecule has 1 aliphatic rings. The normalized spacial score (nSPS) is 16.5. The lowest BCUT2D eigenvalue weighted by Crippen LogP contribution is -2.42. The molecule has 23 heavy (non-hydrogen) atoms. The van der Waals surface area contributed by atoms with Gasteiger partial charge >= 0.3 is 0 Å². The third kappa shape index (κ3) is 6.28. The first-order chi connectivity index (χ1) is 11.0. The summed E-state index contributed by atoms with van der Waals surface area (Å²) in [5.74, 6) is 0.713. The van der Waals surface area contributed by atoms with Gasteiger partial charge in [-0.2, -0.15) is 0 Å². The Morgan fingerprint density at radius 2 is 2.09 bits per heavy atom. The fourth-order valence-electron chi connectivity index (χ4n) is 2.28. The first-order valence-electron chi connectivity index (χ1n) is 8.07. The van der Waals surface area contributed by atoms with Crippen LogP contribution in [-0.2, 0) is 11.3 Å². The molecule has 6 heteroatoms. The maximum Gasteiger partial charge on any atom is 0.137 e. The van der Waals surface area contributed by atoms with E-state index < -0.39 is 0 Å². The standard InChI is InChI=1S/C17H27ClN2O3/c1-17(2,13-21)19-12-14-3-4-16(15(18)11-14)23-10-7-20-5-8-22-9-6-20/h3-4,11,19,21H,5-10,12-13H2,1-2H3. The molecule has 0 atom stereocenters. The molecular formula is C17H27ClN2O3. The number of aliphatic hydroxyl groups excluding tert-OH is 1. The highest BCUT2D eigenvalue weighted by molar-refractivity contribution is 6.32. The van der Waals surface area contributed by atoms with Gasteiger partial charge in [-0.1, -0.05) is 17.7 Å². The van der Waals surface area contributed by atoms with Crippen LogP contribution >= 0.6 is 11.6 Å². The van der Waals surface area contributed by atoms with Crippen molar-refractivity contribution in [2.75, 3.05) is 46.1 Å². The number of hydrogen-bond acceptors (Lipinski definition) is 5. The number of benzene rings is 1. The minimum Gasteiger partial charge on any atom is -0.491 e. The van der Waals surface area contributed by atoms with Crippen LogP contribution in [0.25, 0.3) is 0 Å². The molecule has 1 aromatic carbocycles. The van der Waals surface area contributed by atoms with Crippen molar-refractivity contribution in [3.05, 3.63) is 28.8 Å². The van der Waals surface area contributed by atoms with Crippen molar-refractivity contribution in [3.63, 3.8) is 0 Å². The van der Waals surface area contributed by atoms with Crippen molar-refractivity contribution in [2.24, 2.45) is 0 Å². The molecule has 0 aromatic heterocycles. The molecule has 1 saturated heterocycles. The van der Waals surface area contributed by atoms with E-state index in [2.05, 4.69) is 10.2 Å². The number of aliphatic hydroxyl groups is 1. The van der Waals surface area contributed by atoms with Crippen LogP contribution < -0.4 is 10.1 Å². The molecule has 2 N–H and O–H groups in total. The highest BCUT2D eigenvalue weighted by atomic mass is 35.5. The maximum absolute atomic E-state index is 9.25. The largest absolute Gasteiger partial charge is 0.491 e. The van der Waals surface area contributed by atoms with Crippen LogP contribution in [-0.4, -0.2) is 61.6 Å². The van der Waals surface area contributed by atoms with E-state index in [1.54, 1.807) is 0 Å². The molecular weight excluding hydrogens is 316 g/mol. The number of morpholine rings is 1. The van der Waals surface area contributed by atoms with Gasteiger partial charge < -0.3 is 19.9 Å². The van der Waals surface area contributed by atoms with E-state index in [4.69, 9.17) is 21.1 Å². The molecule has 0 amide bonds. The third-order valence-electron chi connectivity index (χ3n) is 3.93. The second-order valence-electron chi connectivity index (χ2n) is 6.46. The SMILES string of the molecule is CC(C)(CO)NCc1ccc(OCCN2CCOCC2)c(Cl)c1. The van der Waals surface area contributed by atoms with Gasteiger partial charge in [-0.15, -0.1) is 0 Å². The predicted molar refractivity (Wildman–Crippen MR) is 92.2 cm³/mol. The molecule has 1 aliphatic heterocycles. The highest BCUT2D eigenvalue weighted by Gasteiger charge is 2.15. The summed E-state index contributed by atoms with van der Waals surface area (Å²) in [6, 6.07) is 5.81. The second-order valence-corrected chi connectivity index (χ2v) is 6.87. The van der Waals surface area contributed by atoms with Gasteiger partial charge in [0.2, 0.25) is 0 Å². The quantitative estimate of drug-likeness (QED) is 0.756. The van der Waals surface area contributed by atoms with E-state index in [1.165, 1.54) is 0 Å². The zero-order valence-corrected chi connectivity index (χ0v) is 14.7. The second kappa shape index (κ2) is 8.85. The first-order valence-corrected chi connectivity index (χ1v) is 8.45. The zero-order chi connectivity index (χ0) is 16.7. The number of halogens is 1. The Labute approximate surface area is 143 Å². The molecule has 0 saturated carbocycles. The van der Waals surface area contributed by atoms with Gasteiger partial charge in [-0.25, -0.2) is 0 Å². The summed E-state index contributed by atoms with van der Waals surface area (Å²) in [4.78, 5) is 2.33. The van der Waals surface area contributed by atoms with Crippen LogP contribution in [0.1, 0.15) is 19.4 Å². The van der Waals surface area contributed by atoms with Gasteiger partial charge in [0, 0.05) is 31.7 Å². The zero-order valence-electron chi connectivity index (χ0n) is 14.0. The maximum atomic E-state index is 9.25. The molecule has 5 nitrogen and oxygen atoms in total. The van der Waals surface area contributed by atoms with Gasteiger partial charge in [0.1, 0.15) is 12.4 Å². The molecule has 130 valence electrons. The fourth-order valence-corrected chi connectivity index (χ4v) is 2.54. The van der Waals surface area contributed by atoms with E-state index in [9.17, 15) is 5.11 Å². The molecule has 0 radical (unpaired) electrons. The average molecular weight is 343 g/mol. The molecule has 1 aromatic rings. The number of hydrogen-bond donors (Lipinski definition) is 2. The Kier molecular flexibility index (Phi) is 7.11. The number of ether oxygens (including phenoxy) is 2. The molecule has 0 aliphatic carbocycles. The van der Waals surface area contributed by atoms with E-state index in [0.29, 0.717) is 23.9 Å². The van der Waals surface area contributed by atoms with E-state index in [1.807, 2.05) is 32.0 Å². The van der Waals surface area contributed by atoms with E-state index >= 15 is 0 Å². The molecule has 1 heterocycles. The van der Waals surface area contributed by atoms with Crippen molar-refractivity contribution in [1.29, 1.82) is 0 Å². The lowest BCUT2D eigenvalue weighted by molar-refractivity contribution is 0.0322. The lowest BCUT2D eigenvalue weighted by Gasteiger charge is -2.26. The Balaban J connectivity index is 1.79. The molecule has 0 spiro atoms. The van der Waals surface area contributed by atoms with Crippen molar-refractivity contribution in [2.45, 2.75) is 25.9 Å². The lowest BCUT2D eigenvalue weighted by atomic mass is 10.1. The van der Waals surface area contributed by atoms with Crippen molar-refractivity contribution in [1.82, 2.24) is 10.2 Å². The van der Waals surface area contributed by atoms with Crippen LogP contribution in [0.15, 0.2) is 18.2 Å². The van der Waals surface area contributed by atoms with E-state index in [0.717, 1.165) is 38.4 Å². The number of nitrogens with zero attached hydrogens (tertiary/aromatic N) is 1. The van der Waals surface area contributed by atoms with Crippen molar-refractivity contribution < 1.29 is 14.6 Å². The van der Waals surface area contributed by atoms with Crippen LogP contribution in [0.4, 0.5) is 0 Å². The first kappa shape index (κ1) is 18.5. The smallest absolute Gasteiger partial charge is 0.137 e. The number of rotatable bonds is 8. The van der Waals surface area contributed by atoms with Gasteiger partial charge in [-0.05, 0) is 31.5 Å². The molecule has 0 bridgehead atoms. The number of nitrogens with one attached hydrogen (secondary N) is 1. The van der Waals surface area contributed by atoms with Gasteiger partial charge in [0.25, 0.3) is 0 Å². The minimum absolute atomic E-state index is 0.0868. The third-order valence-corrected chi connectivity index (χ3v) is 4.23. The summed E-state index contributed by atoms with van der Waals surface area (Å²) in [6.07, 6.45) is 0. The molecule has 0 unspecified atom stereocenters. The summed E-state index contributed by atoms with van der Waals surface area (Å²) in [5.41, 5.74) is 0.761. The Bertz CT molecular complexity index is 491. The minimum atomic E-state index is -0.306. The van der Waals surface area contributed by atoms with Crippen molar-refractivity contribution in [3.8, 4) is 5.75 Å². The van der Waals surface area contributed by atoms with Gasteiger partial charge in [-0.3, -0.25) is 4.90 Å². The van der Waals surface area contributed by atoms with Gasteiger partial charge in [0.05, 0.1) is 24.8 Å². The highest BCUT2D eigenvalue weighted by Crippen LogP contribution is 2.25. The predicted octanol–water partition coefficient (Wildman–Crippen LogP) is 1.91. The summed E-state index contributed by atoms with van der Waals surface area (Å²) in [7, 11) is 0. The van der Waals surface area contributed by atoms with Crippen LogP contribution in [0.3, 0.4) is 0 Å². The fraction of sp³-hybridized carbons (Fsp3) is 0.647. The Morgan fingerprint density at radius 3 is 2.74 bits per heavy atom.